The Bertz CT molecular complexity index is 709. The molecule has 1 aromatic carbocycles. The van der Waals surface area contributed by atoms with Gasteiger partial charge in [0.1, 0.15) is 5.82 Å². The number of rotatable bonds is 4. The van der Waals surface area contributed by atoms with Crippen LogP contribution in [0.1, 0.15) is 23.5 Å². The molecule has 24 heavy (non-hydrogen) atoms. The molecule has 0 spiro atoms. The summed E-state index contributed by atoms with van der Waals surface area (Å²) in [4.78, 5) is 6.67. The molecule has 1 aromatic heterocycles. The smallest absolute Gasteiger partial charge is 0.193 e. The van der Waals surface area contributed by atoms with Gasteiger partial charge in [0.05, 0.1) is 6.20 Å². The number of nitrogens with zero attached hydrogens (tertiary/aromatic N) is 4. The molecule has 0 aliphatic carbocycles. The number of aliphatic imine (C=N–C) groups is 1. The Morgan fingerprint density at radius 2 is 2.33 bits per heavy atom. The summed E-state index contributed by atoms with van der Waals surface area (Å²) in [5.74, 6) is 1.23. The van der Waals surface area contributed by atoms with Crippen LogP contribution in [0.2, 0.25) is 0 Å². The summed E-state index contributed by atoms with van der Waals surface area (Å²) in [7, 11) is 3.75. The van der Waals surface area contributed by atoms with Crippen LogP contribution in [0.5, 0.6) is 0 Å². The first-order chi connectivity index (χ1) is 11.7. The fourth-order valence-electron chi connectivity index (χ4n) is 3.22. The van der Waals surface area contributed by atoms with Gasteiger partial charge < -0.3 is 10.2 Å². The van der Waals surface area contributed by atoms with Crippen molar-refractivity contribution in [2.75, 3.05) is 26.7 Å². The predicted octanol–water partition coefficient (Wildman–Crippen LogP) is 2.17. The normalized spacial score (nSPS) is 18.2. The molecule has 6 heteroatoms. The van der Waals surface area contributed by atoms with Crippen molar-refractivity contribution >= 4 is 5.96 Å². The van der Waals surface area contributed by atoms with E-state index in [1.165, 1.54) is 11.6 Å². The van der Waals surface area contributed by atoms with Crippen LogP contribution in [0.15, 0.2) is 41.7 Å². The van der Waals surface area contributed by atoms with E-state index in [1.54, 1.807) is 12.1 Å². The summed E-state index contributed by atoms with van der Waals surface area (Å²) < 4.78 is 15.1. The molecule has 1 saturated heterocycles. The molecule has 1 aliphatic rings. The number of aryl methyl sites for hydroxylation is 1. The highest BCUT2D eigenvalue weighted by atomic mass is 19.1. The quantitative estimate of drug-likeness (QED) is 0.691. The standard InChI is InChI=1S/C18H24FN5/c1-20-18(21-8-6-14-4-3-5-17(19)10-14)24-9-7-15(13-24)16-11-22-23(2)12-16/h3-5,10-12,15H,6-9,13H2,1-2H3,(H,20,21). The molecule has 3 rings (SSSR count). The lowest BCUT2D eigenvalue weighted by atomic mass is 10.0. The Hall–Kier alpha value is -2.37. The zero-order valence-electron chi connectivity index (χ0n) is 14.2. The largest absolute Gasteiger partial charge is 0.356 e. The van der Waals surface area contributed by atoms with Crippen LogP contribution in [0.25, 0.3) is 0 Å². The molecular formula is C18H24FN5. The number of guanidine groups is 1. The number of hydrogen-bond donors (Lipinski definition) is 1. The van der Waals surface area contributed by atoms with Crippen molar-refractivity contribution in [1.29, 1.82) is 0 Å². The highest BCUT2D eigenvalue weighted by Gasteiger charge is 2.26. The summed E-state index contributed by atoms with van der Waals surface area (Å²) in [6, 6.07) is 6.75. The zero-order chi connectivity index (χ0) is 16.9. The summed E-state index contributed by atoms with van der Waals surface area (Å²) in [5.41, 5.74) is 2.28. The van der Waals surface area contributed by atoms with Gasteiger partial charge in [-0.25, -0.2) is 4.39 Å². The van der Waals surface area contributed by atoms with E-state index in [2.05, 4.69) is 26.5 Å². The van der Waals surface area contributed by atoms with Gasteiger partial charge in [0.2, 0.25) is 0 Å². The Kier molecular flexibility index (Phi) is 5.13. The third-order valence-electron chi connectivity index (χ3n) is 4.48. The van der Waals surface area contributed by atoms with Crippen LogP contribution in [0, 0.1) is 5.82 Å². The molecule has 1 atom stereocenters. The second-order valence-corrected chi connectivity index (χ2v) is 6.23. The number of likely N-dealkylation sites (tertiary alicyclic amines) is 1. The number of hydrogen-bond acceptors (Lipinski definition) is 2. The van der Waals surface area contributed by atoms with Crippen molar-refractivity contribution in [3.05, 3.63) is 53.6 Å². The molecule has 2 aromatic rings. The minimum atomic E-state index is -0.185. The van der Waals surface area contributed by atoms with Gasteiger partial charge in [0, 0.05) is 45.8 Å². The molecule has 5 nitrogen and oxygen atoms in total. The molecule has 1 unspecified atom stereocenters. The van der Waals surface area contributed by atoms with Crippen molar-refractivity contribution in [2.24, 2.45) is 12.0 Å². The maximum absolute atomic E-state index is 13.2. The van der Waals surface area contributed by atoms with Gasteiger partial charge in [-0.3, -0.25) is 9.67 Å². The van der Waals surface area contributed by atoms with Crippen molar-refractivity contribution in [3.8, 4) is 0 Å². The van der Waals surface area contributed by atoms with E-state index < -0.39 is 0 Å². The lowest BCUT2D eigenvalue weighted by Crippen LogP contribution is -2.40. The van der Waals surface area contributed by atoms with E-state index in [0.717, 1.165) is 44.0 Å². The van der Waals surface area contributed by atoms with E-state index in [4.69, 9.17) is 0 Å². The molecule has 128 valence electrons. The third kappa shape index (κ3) is 3.93. The molecule has 2 heterocycles. The molecule has 1 aliphatic heterocycles. The van der Waals surface area contributed by atoms with Gasteiger partial charge in [-0.05, 0) is 36.1 Å². The van der Waals surface area contributed by atoms with Gasteiger partial charge in [0.25, 0.3) is 0 Å². The maximum Gasteiger partial charge on any atom is 0.193 e. The van der Waals surface area contributed by atoms with E-state index in [0.29, 0.717) is 5.92 Å². The lowest BCUT2D eigenvalue weighted by molar-refractivity contribution is 0.486. The van der Waals surface area contributed by atoms with E-state index >= 15 is 0 Å². The fraction of sp³-hybridized carbons (Fsp3) is 0.444. The van der Waals surface area contributed by atoms with Crippen LogP contribution in [-0.4, -0.2) is 47.3 Å². The van der Waals surface area contributed by atoms with Crippen molar-refractivity contribution in [1.82, 2.24) is 20.0 Å². The average molecular weight is 329 g/mol. The molecule has 1 N–H and O–H groups in total. The fourth-order valence-corrected chi connectivity index (χ4v) is 3.22. The number of aromatic nitrogens is 2. The highest BCUT2D eigenvalue weighted by molar-refractivity contribution is 5.80. The molecular weight excluding hydrogens is 305 g/mol. The van der Waals surface area contributed by atoms with Gasteiger partial charge in [0.15, 0.2) is 5.96 Å². The summed E-state index contributed by atoms with van der Waals surface area (Å²) in [5, 5.41) is 7.65. The number of nitrogens with one attached hydrogen (secondary N) is 1. The summed E-state index contributed by atoms with van der Waals surface area (Å²) in [6.45, 7) is 2.68. The Morgan fingerprint density at radius 3 is 3.04 bits per heavy atom. The molecule has 0 amide bonds. The first-order valence-corrected chi connectivity index (χ1v) is 8.34. The SMILES string of the molecule is CN=C(NCCc1cccc(F)c1)N1CCC(c2cnn(C)c2)C1. The number of benzene rings is 1. The second kappa shape index (κ2) is 7.47. The first kappa shape index (κ1) is 16.5. The first-order valence-electron chi connectivity index (χ1n) is 8.34. The number of halogens is 1. The van der Waals surface area contributed by atoms with Crippen molar-refractivity contribution in [2.45, 2.75) is 18.8 Å². The molecule has 0 bridgehead atoms. The monoisotopic (exact) mass is 329 g/mol. The van der Waals surface area contributed by atoms with Crippen molar-refractivity contribution < 1.29 is 4.39 Å². The predicted molar refractivity (Wildman–Crippen MR) is 93.6 cm³/mol. The molecule has 0 radical (unpaired) electrons. The van der Waals surface area contributed by atoms with Crippen LogP contribution < -0.4 is 5.32 Å². The van der Waals surface area contributed by atoms with Gasteiger partial charge in [-0.1, -0.05) is 12.1 Å². The van der Waals surface area contributed by atoms with Gasteiger partial charge >= 0.3 is 0 Å². The van der Waals surface area contributed by atoms with E-state index in [9.17, 15) is 4.39 Å². The van der Waals surface area contributed by atoms with Crippen LogP contribution in [-0.2, 0) is 13.5 Å². The summed E-state index contributed by atoms with van der Waals surface area (Å²) in [6.07, 6.45) is 5.93. The Morgan fingerprint density at radius 1 is 1.46 bits per heavy atom. The third-order valence-corrected chi connectivity index (χ3v) is 4.48. The minimum absolute atomic E-state index is 0.185. The molecule has 1 fully saturated rings. The maximum atomic E-state index is 13.2. The van der Waals surface area contributed by atoms with Crippen LogP contribution >= 0.6 is 0 Å². The Balaban J connectivity index is 1.52. The lowest BCUT2D eigenvalue weighted by Gasteiger charge is -2.21. The minimum Gasteiger partial charge on any atom is -0.356 e. The van der Waals surface area contributed by atoms with Crippen LogP contribution in [0.3, 0.4) is 0 Å². The average Bonchev–Trinajstić information content (AvgIpc) is 3.20. The van der Waals surface area contributed by atoms with E-state index in [1.807, 2.05) is 31.0 Å². The Labute approximate surface area is 142 Å². The summed E-state index contributed by atoms with van der Waals surface area (Å²) >= 11 is 0. The van der Waals surface area contributed by atoms with E-state index in [-0.39, 0.29) is 5.82 Å². The second-order valence-electron chi connectivity index (χ2n) is 6.23. The zero-order valence-corrected chi connectivity index (χ0v) is 14.2. The van der Waals surface area contributed by atoms with Gasteiger partial charge in [-0.15, -0.1) is 0 Å². The molecule has 0 saturated carbocycles. The highest BCUT2D eigenvalue weighted by Crippen LogP contribution is 2.26. The van der Waals surface area contributed by atoms with Crippen LogP contribution in [0.4, 0.5) is 4.39 Å². The van der Waals surface area contributed by atoms with Crippen molar-refractivity contribution in [3.63, 3.8) is 0 Å². The van der Waals surface area contributed by atoms with Gasteiger partial charge in [-0.2, -0.15) is 5.10 Å². The topological polar surface area (TPSA) is 45.5 Å².